The molecule has 19 heavy (non-hydrogen) atoms. The van der Waals surface area contributed by atoms with Crippen LogP contribution in [0.3, 0.4) is 0 Å². The van der Waals surface area contributed by atoms with Crippen LogP contribution in [0.2, 0.25) is 0 Å². The maximum atomic E-state index is 12.5. The molecule has 0 radical (unpaired) electrons. The van der Waals surface area contributed by atoms with Gasteiger partial charge in [-0.2, -0.15) is 13.2 Å². The zero-order valence-electron chi connectivity index (χ0n) is 10.3. The Morgan fingerprint density at radius 1 is 1.32 bits per heavy atom. The van der Waals surface area contributed by atoms with E-state index in [9.17, 15) is 23.1 Å². The Morgan fingerprint density at radius 2 is 1.95 bits per heavy atom. The molecule has 0 atom stereocenters. The molecule has 0 spiro atoms. The normalized spacial score (nSPS) is 13.5. The molecule has 6 heteroatoms. The van der Waals surface area contributed by atoms with Gasteiger partial charge in [0, 0.05) is 6.21 Å². The van der Waals surface area contributed by atoms with Crippen LogP contribution in [0, 0.1) is 0 Å². The van der Waals surface area contributed by atoms with Gasteiger partial charge in [0.25, 0.3) is 0 Å². The first-order chi connectivity index (χ1) is 8.71. The number of carbonyl (C=O) groups excluding carboxylic acids is 1. The zero-order valence-corrected chi connectivity index (χ0v) is 10.3. The van der Waals surface area contributed by atoms with Crippen LogP contribution in [0.4, 0.5) is 18.9 Å². The summed E-state index contributed by atoms with van der Waals surface area (Å²) < 4.78 is 37.4. The van der Waals surface area contributed by atoms with Crippen molar-refractivity contribution in [3.63, 3.8) is 0 Å². The number of alkyl halides is 3. The summed E-state index contributed by atoms with van der Waals surface area (Å²) in [6.45, 7) is 2.53. The van der Waals surface area contributed by atoms with E-state index >= 15 is 0 Å². The highest BCUT2D eigenvalue weighted by Crippen LogP contribution is 2.31. The fraction of sp³-hybridized carbons (Fsp3) is 0.231. The number of nitrogens with zero attached hydrogens (tertiary/aromatic N) is 1. The molecule has 0 saturated heterocycles. The van der Waals surface area contributed by atoms with Crippen LogP contribution < -0.4 is 0 Å². The molecule has 0 heterocycles. The van der Waals surface area contributed by atoms with E-state index in [4.69, 9.17) is 0 Å². The molecule has 0 aliphatic heterocycles. The van der Waals surface area contributed by atoms with Gasteiger partial charge in [-0.05, 0) is 32.0 Å². The molecule has 1 aromatic rings. The van der Waals surface area contributed by atoms with Crippen molar-refractivity contribution < 1.29 is 23.1 Å². The average molecular weight is 271 g/mol. The molecule has 0 aliphatic carbocycles. The highest BCUT2D eigenvalue weighted by Gasteiger charge is 2.30. The van der Waals surface area contributed by atoms with Crippen molar-refractivity contribution >= 4 is 17.7 Å². The number of Topliss-reactive ketones (excluding diaryl/α,β-unsaturated/α-hetero) is 1. The fourth-order valence-corrected chi connectivity index (χ4v) is 1.34. The van der Waals surface area contributed by atoms with Crippen molar-refractivity contribution in [1.82, 2.24) is 0 Å². The maximum Gasteiger partial charge on any atom is 0.416 e. The second kappa shape index (κ2) is 5.69. The fourth-order valence-electron chi connectivity index (χ4n) is 1.34. The second-order valence-electron chi connectivity index (χ2n) is 3.86. The number of hydrogen-bond acceptors (Lipinski definition) is 3. The van der Waals surface area contributed by atoms with Gasteiger partial charge in [0.15, 0.2) is 5.78 Å². The Balaban J connectivity index is 3.07. The highest BCUT2D eigenvalue weighted by atomic mass is 19.4. The number of hydrogen-bond donors (Lipinski definition) is 1. The number of allylic oxidation sites excluding steroid dienone is 2. The number of benzene rings is 1. The maximum absolute atomic E-state index is 12.5. The van der Waals surface area contributed by atoms with Gasteiger partial charge in [0.2, 0.25) is 0 Å². The minimum Gasteiger partial charge on any atom is -0.512 e. The van der Waals surface area contributed by atoms with E-state index in [0.717, 1.165) is 18.3 Å². The summed E-state index contributed by atoms with van der Waals surface area (Å²) in [6, 6.07) is 4.38. The van der Waals surface area contributed by atoms with E-state index in [1.807, 2.05) is 0 Å². The number of rotatable bonds is 3. The molecular formula is C13H12F3NO2. The Labute approximate surface area is 108 Å². The summed E-state index contributed by atoms with van der Waals surface area (Å²) >= 11 is 0. The lowest BCUT2D eigenvalue weighted by molar-refractivity contribution is -0.137. The first-order valence-electron chi connectivity index (χ1n) is 5.34. The highest BCUT2D eigenvalue weighted by molar-refractivity contribution is 6.12. The van der Waals surface area contributed by atoms with Gasteiger partial charge in [-0.25, -0.2) is 0 Å². The molecule has 0 unspecified atom stereocenters. The van der Waals surface area contributed by atoms with Crippen LogP contribution in [0.1, 0.15) is 19.4 Å². The minimum absolute atomic E-state index is 0.0441. The van der Waals surface area contributed by atoms with Gasteiger partial charge >= 0.3 is 6.18 Å². The van der Waals surface area contributed by atoms with Crippen molar-refractivity contribution in [2.75, 3.05) is 0 Å². The van der Waals surface area contributed by atoms with E-state index in [0.29, 0.717) is 0 Å². The van der Waals surface area contributed by atoms with E-state index in [1.165, 1.54) is 26.0 Å². The van der Waals surface area contributed by atoms with Crippen LogP contribution in [0.15, 0.2) is 40.6 Å². The molecule has 0 aromatic heterocycles. The molecule has 0 amide bonds. The predicted octanol–water partition coefficient (Wildman–Crippen LogP) is 3.83. The first-order valence-corrected chi connectivity index (χ1v) is 5.34. The van der Waals surface area contributed by atoms with Crippen molar-refractivity contribution in [2.24, 2.45) is 4.99 Å². The summed E-state index contributed by atoms with van der Waals surface area (Å²) in [5.41, 5.74) is -0.816. The smallest absolute Gasteiger partial charge is 0.416 e. The molecule has 1 rings (SSSR count). The van der Waals surface area contributed by atoms with E-state index in [-0.39, 0.29) is 17.0 Å². The largest absolute Gasteiger partial charge is 0.512 e. The molecule has 0 fully saturated rings. The average Bonchev–Trinajstić information content (AvgIpc) is 2.27. The van der Waals surface area contributed by atoms with Crippen molar-refractivity contribution in [3.8, 4) is 0 Å². The van der Waals surface area contributed by atoms with Gasteiger partial charge in [-0.1, -0.05) is 6.07 Å². The van der Waals surface area contributed by atoms with Crippen molar-refractivity contribution in [2.45, 2.75) is 20.0 Å². The number of aliphatic hydroxyl groups excluding tert-OH is 1. The van der Waals surface area contributed by atoms with Crippen LogP contribution in [-0.4, -0.2) is 17.1 Å². The van der Waals surface area contributed by atoms with E-state index in [1.54, 1.807) is 0 Å². The van der Waals surface area contributed by atoms with Gasteiger partial charge in [-0.15, -0.1) is 0 Å². The Morgan fingerprint density at radius 3 is 2.42 bits per heavy atom. The summed E-state index contributed by atoms with van der Waals surface area (Å²) in [7, 11) is 0. The lowest BCUT2D eigenvalue weighted by Gasteiger charge is -2.06. The van der Waals surface area contributed by atoms with Crippen LogP contribution in [0.25, 0.3) is 0 Å². The number of carbonyl (C=O) groups is 1. The second-order valence-corrected chi connectivity index (χ2v) is 3.86. The Kier molecular flexibility index (Phi) is 4.47. The lowest BCUT2D eigenvalue weighted by Crippen LogP contribution is -2.04. The third-order valence-electron chi connectivity index (χ3n) is 2.29. The Bertz CT molecular complexity index is 541. The Hall–Kier alpha value is -2.11. The first kappa shape index (κ1) is 14.9. The molecule has 0 saturated carbocycles. The molecule has 0 bridgehead atoms. The van der Waals surface area contributed by atoms with Crippen molar-refractivity contribution in [3.05, 3.63) is 41.2 Å². The minimum atomic E-state index is -4.45. The van der Waals surface area contributed by atoms with Crippen LogP contribution in [-0.2, 0) is 11.0 Å². The molecule has 1 aromatic carbocycles. The van der Waals surface area contributed by atoms with Crippen molar-refractivity contribution in [1.29, 1.82) is 0 Å². The number of aliphatic imine (C=N–C) groups is 1. The summed E-state index contributed by atoms with van der Waals surface area (Å²) in [5.74, 6) is -0.654. The number of ketones is 1. The number of halogens is 3. The standard InChI is InChI=1S/C13H12F3NO2/c1-8(18)12(9(2)19)7-17-11-5-3-4-10(6-11)13(14,15)16/h3-7,18H,1-2H3/b12-8+,17-7?. The predicted molar refractivity (Wildman–Crippen MR) is 65.6 cm³/mol. The molecule has 0 aliphatic rings. The lowest BCUT2D eigenvalue weighted by atomic mass is 10.1. The van der Waals surface area contributed by atoms with Gasteiger partial charge in [0.1, 0.15) is 5.76 Å². The SMILES string of the molecule is CC(=O)/C(C=Nc1cccc(C(F)(F)F)c1)=C(\C)O. The van der Waals surface area contributed by atoms with Crippen LogP contribution in [0.5, 0.6) is 0 Å². The van der Waals surface area contributed by atoms with Gasteiger partial charge in [-0.3, -0.25) is 9.79 Å². The summed E-state index contributed by atoms with van der Waals surface area (Å²) in [4.78, 5) is 14.9. The van der Waals surface area contributed by atoms with Crippen LogP contribution >= 0.6 is 0 Å². The van der Waals surface area contributed by atoms with E-state index < -0.39 is 17.5 Å². The van der Waals surface area contributed by atoms with Gasteiger partial charge in [0.05, 0.1) is 16.8 Å². The third-order valence-corrected chi connectivity index (χ3v) is 2.29. The van der Waals surface area contributed by atoms with Gasteiger partial charge < -0.3 is 5.11 Å². The monoisotopic (exact) mass is 271 g/mol. The van der Waals surface area contributed by atoms with E-state index in [2.05, 4.69) is 4.99 Å². The number of aliphatic hydroxyl groups is 1. The molecule has 1 N–H and O–H groups in total. The molecule has 3 nitrogen and oxygen atoms in total. The molecule has 102 valence electrons. The summed E-state index contributed by atoms with van der Waals surface area (Å²) in [6.07, 6.45) is -3.40. The quantitative estimate of drug-likeness (QED) is 0.516. The summed E-state index contributed by atoms with van der Waals surface area (Å²) in [5, 5.41) is 9.23. The zero-order chi connectivity index (χ0) is 14.6. The topological polar surface area (TPSA) is 49.7 Å². The molecular weight excluding hydrogens is 259 g/mol. The third kappa shape index (κ3) is 4.24.